The van der Waals surface area contributed by atoms with Crippen molar-refractivity contribution in [1.82, 2.24) is 0 Å². The number of rotatable bonds is 4. The predicted octanol–water partition coefficient (Wildman–Crippen LogP) is 3.30. The monoisotopic (exact) mass is 309 g/mol. The average molecular weight is 309 g/mol. The Labute approximate surface area is 135 Å². The van der Waals surface area contributed by atoms with Gasteiger partial charge in [-0.3, -0.25) is 9.59 Å². The maximum atomic E-state index is 12.8. The van der Waals surface area contributed by atoms with Crippen LogP contribution in [0.2, 0.25) is 0 Å². The third-order valence-electron chi connectivity index (χ3n) is 4.30. The highest BCUT2D eigenvalue weighted by molar-refractivity contribution is 6.07. The number of carboxylic acids is 1. The number of hydrogen-bond donors (Lipinski definition) is 1. The number of aryl methyl sites for hydroxylation is 1. The Morgan fingerprint density at radius 3 is 2.57 bits per heavy atom. The van der Waals surface area contributed by atoms with Gasteiger partial charge in [0.15, 0.2) is 0 Å². The van der Waals surface area contributed by atoms with Gasteiger partial charge in [0.05, 0.1) is 0 Å². The third-order valence-corrected chi connectivity index (χ3v) is 4.30. The molecule has 4 nitrogen and oxygen atoms in total. The molecule has 1 heterocycles. The molecule has 1 N–H and O–H groups in total. The number of carboxylic acid groups (broad SMARTS) is 1. The SMILES string of the molecule is CC1Cc2c(CCC(=O)O)cccc2N1C(=O)c1ccccc1. The zero-order valence-corrected chi connectivity index (χ0v) is 13.0. The number of carbonyl (C=O) groups excluding carboxylic acids is 1. The van der Waals surface area contributed by atoms with Crippen molar-refractivity contribution in [3.8, 4) is 0 Å². The molecule has 1 aliphatic rings. The quantitative estimate of drug-likeness (QED) is 0.943. The summed E-state index contributed by atoms with van der Waals surface area (Å²) >= 11 is 0. The van der Waals surface area contributed by atoms with Crippen LogP contribution in [0.15, 0.2) is 48.5 Å². The molecule has 0 fully saturated rings. The van der Waals surface area contributed by atoms with Crippen LogP contribution in [0.1, 0.15) is 34.8 Å². The van der Waals surface area contributed by atoms with E-state index >= 15 is 0 Å². The van der Waals surface area contributed by atoms with Gasteiger partial charge < -0.3 is 10.0 Å². The van der Waals surface area contributed by atoms with Gasteiger partial charge in [0.1, 0.15) is 0 Å². The van der Waals surface area contributed by atoms with Gasteiger partial charge in [0, 0.05) is 23.7 Å². The highest BCUT2D eigenvalue weighted by Gasteiger charge is 2.32. The molecule has 1 unspecified atom stereocenters. The molecule has 0 bridgehead atoms. The fourth-order valence-electron chi connectivity index (χ4n) is 3.21. The predicted molar refractivity (Wildman–Crippen MR) is 88.8 cm³/mol. The number of fused-ring (bicyclic) bond motifs is 1. The lowest BCUT2D eigenvalue weighted by Crippen LogP contribution is -2.35. The van der Waals surface area contributed by atoms with Crippen LogP contribution in [-0.2, 0) is 17.6 Å². The highest BCUT2D eigenvalue weighted by atomic mass is 16.4. The minimum Gasteiger partial charge on any atom is -0.481 e. The number of carbonyl (C=O) groups is 2. The molecule has 3 rings (SSSR count). The highest BCUT2D eigenvalue weighted by Crippen LogP contribution is 2.36. The number of amides is 1. The largest absolute Gasteiger partial charge is 0.481 e. The molecule has 0 saturated carbocycles. The summed E-state index contributed by atoms with van der Waals surface area (Å²) in [5, 5.41) is 8.90. The second-order valence-electron chi connectivity index (χ2n) is 5.90. The summed E-state index contributed by atoms with van der Waals surface area (Å²) in [5.74, 6) is -0.807. The Kier molecular flexibility index (Phi) is 4.15. The van der Waals surface area contributed by atoms with Gasteiger partial charge in [-0.15, -0.1) is 0 Å². The fourth-order valence-corrected chi connectivity index (χ4v) is 3.21. The third kappa shape index (κ3) is 2.97. The first-order valence-electron chi connectivity index (χ1n) is 7.79. The van der Waals surface area contributed by atoms with Crippen molar-refractivity contribution in [3.63, 3.8) is 0 Å². The summed E-state index contributed by atoms with van der Waals surface area (Å²) in [6, 6.07) is 15.1. The number of benzene rings is 2. The molecule has 2 aromatic carbocycles. The molecule has 118 valence electrons. The van der Waals surface area contributed by atoms with Gasteiger partial charge in [-0.25, -0.2) is 0 Å². The molecular formula is C19H19NO3. The summed E-state index contributed by atoms with van der Waals surface area (Å²) in [7, 11) is 0. The smallest absolute Gasteiger partial charge is 0.303 e. The molecular weight excluding hydrogens is 290 g/mol. The second-order valence-corrected chi connectivity index (χ2v) is 5.90. The molecule has 23 heavy (non-hydrogen) atoms. The molecule has 1 amide bonds. The summed E-state index contributed by atoms with van der Waals surface area (Å²) in [4.78, 5) is 25.5. The van der Waals surface area contributed by atoms with Crippen molar-refractivity contribution in [2.45, 2.75) is 32.2 Å². The summed E-state index contributed by atoms with van der Waals surface area (Å²) in [5.41, 5.74) is 3.71. The maximum absolute atomic E-state index is 12.8. The van der Waals surface area contributed by atoms with Gasteiger partial charge in [-0.05, 0) is 49.1 Å². The Bertz CT molecular complexity index is 740. The zero-order chi connectivity index (χ0) is 16.4. The van der Waals surface area contributed by atoms with E-state index < -0.39 is 5.97 Å². The van der Waals surface area contributed by atoms with E-state index in [0.717, 1.165) is 23.2 Å². The summed E-state index contributed by atoms with van der Waals surface area (Å²) in [6.07, 6.45) is 1.37. The van der Waals surface area contributed by atoms with Crippen molar-refractivity contribution >= 4 is 17.6 Å². The molecule has 0 aliphatic carbocycles. The van der Waals surface area contributed by atoms with Gasteiger partial charge >= 0.3 is 5.97 Å². The number of nitrogens with zero attached hydrogens (tertiary/aromatic N) is 1. The van der Waals surface area contributed by atoms with Crippen LogP contribution in [0.3, 0.4) is 0 Å². The van der Waals surface area contributed by atoms with E-state index in [-0.39, 0.29) is 18.4 Å². The van der Waals surface area contributed by atoms with Crippen LogP contribution in [-0.4, -0.2) is 23.0 Å². The van der Waals surface area contributed by atoms with Crippen LogP contribution in [0.4, 0.5) is 5.69 Å². The van der Waals surface area contributed by atoms with E-state index in [2.05, 4.69) is 0 Å². The van der Waals surface area contributed by atoms with Crippen LogP contribution in [0.25, 0.3) is 0 Å². The number of anilines is 1. The molecule has 4 heteroatoms. The maximum Gasteiger partial charge on any atom is 0.303 e. The van der Waals surface area contributed by atoms with Gasteiger partial charge in [-0.2, -0.15) is 0 Å². The minimum atomic E-state index is -0.800. The molecule has 0 spiro atoms. The molecule has 0 aromatic heterocycles. The van der Waals surface area contributed by atoms with Crippen molar-refractivity contribution in [3.05, 3.63) is 65.2 Å². The lowest BCUT2D eigenvalue weighted by atomic mass is 9.99. The summed E-state index contributed by atoms with van der Waals surface area (Å²) in [6.45, 7) is 2.03. The molecule has 0 radical (unpaired) electrons. The Morgan fingerprint density at radius 2 is 1.87 bits per heavy atom. The Morgan fingerprint density at radius 1 is 1.13 bits per heavy atom. The Hall–Kier alpha value is -2.62. The van der Waals surface area contributed by atoms with E-state index in [1.807, 2.05) is 60.4 Å². The van der Waals surface area contributed by atoms with E-state index in [0.29, 0.717) is 12.0 Å². The lowest BCUT2D eigenvalue weighted by Gasteiger charge is -2.23. The fraction of sp³-hybridized carbons (Fsp3) is 0.263. The topological polar surface area (TPSA) is 57.6 Å². The van der Waals surface area contributed by atoms with E-state index in [4.69, 9.17) is 5.11 Å². The molecule has 0 saturated heterocycles. The summed E-state index contributed by atoms with van der Waals surface area (Å²) < 4.78 is 0. The first kappa shape index (κ1) is 15.3. The first-order chi connectivity index (χ1) is 11.1. The van der Waals surface area contributed by atoms with Crippen LogP contribution >= 0.6 is 0 Å². The lowest BCUT2D eigenvalue weighted by molar-refractivity contribution is -0.136. The van der Waals surface area contributed by atoms with Gasteiger partial charge in [-0.1, -0.05) is 30.3 Å². The number of hydrogen-bond acceptors (Lipinski definition) is 2. The zero-order valence-electron chi connectivity index (χ0n) is 13.0. The van der Waals surface area contributed by atoms with Gasteiger partial charge in [0.2, 0.25) is 0 Å². The van der Waals surface area contributed by atoms with E-state index in [9.17, 15) is 9.59 Å². The Balaban J connectivity index is 1.93. The van der Waals surface area contributed by atoms with Crippen LogP contribution < -0.4 is 4.90 Å². The minimum absolute atomic E-state index is 0.00719. The van der Waals surface area contributed by atoms with Crippen LogP contribution in [0.5, 0.6) is 0 Å². The van der Waals surface area contributed by atoms with E-state index in [1.54, 1.807) is 0 Å². The number of aliphatic carboxylic acids is 1. The first-order valence-corrected chi connectivity index (χ1v) is 7.79. The molecule has 1 aliphatic heterocycles. The molecule has 1 atom stereocenters. The van der Waals surface area contributed by atoms with Crippen molar-refractivity contribution in [2.24, 2.45) is 0 Å². The van der Waals surface area contributed by atoms with Crippen LogP contribution in [0, 0.1) is 0 Å². The van der Waals surface area contributed by atoms with Crippen molar-refractivity contribution in [2.75, 3.05) is 4.90 Å². The standard InChI is InChI=1S/C19H19NO3/c1-13-12-16-14(10-11-18(21)22)8-5-9-17(16)20(13)19(23)15-6-3-2-4-7-15/h2-9,13H,10-12H2,1H3,(H,21,22). The van der Waals surface area contributed by atoms with Crippen molar-refractivity contribution in [1.29, 1.82) is 0 Å². The second kappa shape index (κ2) is 6.24. The molecule has 2 aromatic rings. The van der Waals surface area contributed by atoms with Gasteiger partial charge in [0.25, 0.3) is 5.91 Å². The van der Waals surface area contributed by atoms with E-state index in [1.165, 1.54) is 0 Å². The van der Waals surface area contributed by atoms with Crippen molar-refractivity contribution < 1.29 is 14.7 Å². The average Bonchev–Trinajstić information content (AvgIpc) is 2.89. The normalized spacial score (nSPS) is 16.2.